The second-order valence-electron chi connectivity index (χ2n) is 17.2. The number of hydrogen-bond acceptors (Lipinski definition) is 8. The molecular weight excluding hydrogens is 612 g/mol. The van der Waals surface area contributed by atoms with Gasteiger partial charge in [0.05, 0.1) is 5.54 Å². The average Bonchev–Trinajstić information content (AvgIpc) is 3.12. The van der Waals surface area contributed by atoms with Crippen molar-refractivity contribution in [1.82, 2.24) is 26.0 Å². The number of Topliss-reactive ketones (excluding diaryl/α,β-unsaturated/α-hetero) is 1. The van der Waals surface area contributed by atoms with Gasteiger partial charge in [-0.2, -0.15) is 0 Å². The molecule has 2 saturated heterocycles. The fraction of sp³-hybridized carbons (Fsp3) is 0.848. The van der Waals surface area contributed by atoms with Crippen molar-refractivity contribution in [3.8, 4) is 0 Å². The van der Waals surface area contributed by atoms with Crippen LogP contribution in [0.25, 0.3) is 0 Å². The van der Waals surface area contributed by atoms with Gasteiger partial charge < -0.3 is 27.0 Å². The zero-order chi connectivity index (χ0) is 35.7. The Morgan fingerprint density at radius 3 is 1.98 bits per heavy atom. The number of hydrazine groups is 1. The number of alkyl halides is 2. The molecule has 2 aliphatic heterocycles. The van der Waals surface area contributed by atoms with Gasteiger partial charge in [-0.25, -0.2) is 19.2 Å². The first kappa shape index (κ1) is 37.1. The molecule has 12 nitrogen and oxygen atoms in total. The third kappa shape index (κ3) is 6.29. The van der Waals surface area contributed by atoms with Crippen LogP contribution >= 0.6 is 0 Å². The molecule has 0 aromatic rings. The fourth-order valence-corrected chi connectivity index (χ4v) is 8.77. The van der Waals surface area contributed by atoms with E-state index in [-0.39, 0.29) is 39.5 Å². The summed E-state index contributed by atoms with van der Waals surface area (Å²) in [4.78, 5) is 66.8. The molecule has 0 bridgehead atoms. The maximum absolute atomic E-state index is 14.7. The second kappa shape index (κ2) is 12.0. The molecule has 0 aromatic heterocycles. The minimum Gasteiger partial charge on any atom is -0.363 e. The van der Waals surface area contributed by atoms with E-state index in [1.165, 1.54) is 0 Å². The van der Waals surface area contributed by atoms with Gasteiger partial charge in [-0.1, -0.05) is 54.9 Å². The molecule has 1 unspecified atom stereocenters. The van der Waals surface area contributed by atoms with Crippen molar-refractivity contribution in [3.05, 3.63) is 0 Å². The number of nitrogens with two attached hydrogens (primary N) is 2. The Morgan fingerprint density at radius 2 is 1.55 bits per heavy atom. The van der Waals surface area contributed by atoms with Crippen LogP contribution in [0.15, 0.2) is 0 Å². The zero-order valence-electron chi connectivity index (χ0n) is 29.4. The van der Waals surface area contributed by atoms with E-state index in [2.05, 4.69) is 43.8 Å². The van der Waals surface area contributed by atoms with Crippen molar-refractivity contribution in [2.75, 3.05) is 19.6 Å². The predicted octanol–water partition coefficient (Wildman–Crippen LogP) is 1.46. The first-order valence-electron chi connectivity index (χ1n) is 16.7. The van der Waals surface area contributed by atoms with E-state index in [0.29, 0.717) is 26.1 Å². The number of primary amides is 1. The number of halogens is 2. The van der Waals surface area contributed by atoms with Crippen LogP contribution in [0.5, 0.6) is 0 Å². The highest BCUT2D eigenvalue weighted by Crippen LogP contribution is 2.88. The van der Waals surface area contributed by atoms with Crippen molar-refractivity contribution in [2.24, 2.45) is 38.5 Å². The van der Waals surface area contributed by atoms with Gasteiger partial charge in [-0.15, -0.1) is 0 Å². The summed E-state index contributed by atoms with van der Waals surface area (Å²) in [7, 11) is 0. The quantitative estimate of drug-likeness (QED) is 0.194. The molecule has 14 heteroatoms. The van der Waals surface area contributed by atoms with Gasteiger partial charge in [0.25, 0.3) is 5.91 Å². The standard InChI is InChI=1S/C33H55F2N7O5/c1-28(2,3)23(40-42-16-29(4,5)20(42)15-38-27(47)30(6,7)37)26(46)41-17-33(31(8,9)32(33)11-10-12-32)14-19(41)25(45)39-18(13-21(34)35)22(43)24(36)44/h18-21,23,40H,10-17,37H2,1-9H3,(H2,36,44)(H,38,47)(H,39,45)/t18?,19-,20+,23+,33+/m0/s1. The van der Waals surface area contributed by atoms with Gasteiger partial charge in [0.1, 0.15) is 18.1 Å². The summed E-state index contributed by atoms with van der Waals surface area (Å²) in [5, 5.41) is 7.23. The summed E-state index contributed by atoms with van der Waals surface area (Å²) in [5.41, 5.74) is 12.1. The van der Waals surface area contributed by atoms with Gasteiger partial charge >= 0.3 is 0 Å². The number of nitrogens with zero attached hydrogens (tertiary/aromatic N) is 2. The summed E-state index contributed by atoms with van der Waals surface area (Å²) < 4.78 is 26.8. The SMILES string of the molecule is CC(C)(N)C(=O)NC[C@H]1N(N[C@H](C(=O)N2C[C@]3(C[C@H]2C(=O)NC(CC(F)F)C(=O)C(N)=O)C(C)(C)C32CCC2)C(C)(C)C)CC1(C)C. The van der Waals surface area contributed by atoms with Crippen molar-refractivity contribution in [2.45, 2.75) is 131 Å². The summed E-state index contributed by atoms with van der Waals surface area (Å²) in [5.74, 6) is -4.10. The Kier molecular flexibility index (Phi) is 9.48. The molecule has 4 amide bonds. The highest BCUT2D eigenvalue weighted by Gasteiger charge is 2.85. The minimum absolute atomic E-state index is 0.0365. The molecule has 2 spiro atoms. The molecule has 2 heterocycles. The van der Waals surface area contributed by atoms with E-state index in [0.717, 1.165) is 19.3 Å². The Labute approximate surface area is 276 Å². The number of nitrogens with one attached hydrogen (secondary N) is 3. The Morgan fingerprint density at radius 1 is 0.957 bits per heavy atom. The topological polar surface area (TPSA) is 180 Å². The second-order valence-corrected chi connectivity index (χ2v) is 17.2. The molecule has 5 atom stereocenters. The number of fused-ring (bicyclic) bond motifs is 1. The van der Waals surface area contributed by atoms with Crippen LogP contribution < -0.4 is 27.5 Å². The number of ketones is 1. The highest BCUT2D eigenvalue weighted by molar-refractivity contribution is 6.37. The monoisotopic (exact) mass is 667 g/mol. The van der Waals surface area contributed by atoms with E-state index >= 15 is 0 Å². The highest BCUT2D eigenvalue weighted by atomic mass is 19.3. The van der Waals surface area contributed by atoms with Crippen molar-refractivity contribution in [3.63, 3.8) is 0 Å². The predicted molar refractivity (Wildman–Crippen MR) is 171 cm³/mol. The first-order chi connectivity index (χ1) is 21.3. The van der Waals surface area contributed by atoms with Crippen LogP contribution in [0.2, 0.25) is 0 Å². The number of hydrogen-bond donors (Lipinski definition) is 5. The molecule has 266 valence electrons. The number of carbonyl (C=O) groups excluding carboxylic acids is 5. The van der Waals surface area contributed by atoms with Gasteiger partial charge in [-0.05, 0) is 54.8 Å². The molecule has 0 aromatic carbocycles. The minimum atomic E-state index is -2.97. The Bertz CT molecular complexity index is 1300. The summed E-state index contributed by atoms with van der Waals surface area (Å²) >= 11 is 0. The largest absolute Gasteiger partial charge is 0.363 e. The lowest BCUT2D eigenvalue weighted by Gasteiger charge is -2.56. The molecule has 4 fully saturated rings. The fourth-order valence-electron chi connectivity index (χ4n) is 8.77. The van der Waals surface area contributed by atoms with Crippen LogP contribution in [-0.4, -0.2) is 95.1 Å². The number of carbonyl (C=O) groups is 5. The van der Waals surface area contributed by atoms with Crippen molar-refractivity contribution in [1.29, 1.82) is 0 Å². The molecular formula is C33H55F2N7O5. The van der Waals surface area contributed by atoms with E-state index < -0.39 is 59.5 Å². The van der Waals surface area contributed by atoms with Gasteiger partial charge in [0.2, 0.25) is 29.9 Å². The van der Waals surface area contributed by atoms with E-state index in [1.807, 2.05) is 25.8 Å². The van der Waals surface area contributed by atoms with Gasteiger partial charge in [-0.3, -0.25) is 24.0 Å². The number of likely N-dealkylation sites (tertiary alicyclic amines) is 1. The third-order valence-corrected chi connectivity index (χ3v) is 12.0. The lowest BCUT2D eigenvalue weighted by atomic mass is 9.73. The van der Waals surface area contributed by atoms with Gasteiger partial charge in [0.15, 0.2) is 0 Å². The third-order valence-electron chi connectivity index (χ3n) is 12.0. The van der Waals surface area contributed by atoms with Crippen LogP contribution in [0.1, 0.15) is 94.4 Å². The molecule has 2 aliphatic carbocycles. The first-order valence-corrected chi connectivity index (χ1v) is 16.7. The molecule has 0 radical (unpaired) electrons. The molecule has 7 N–H and O–H groups in total. The zero-order valence-corrected chi connectivity index (χ0v) is 29.4. The van der Waals surface area contributed by atoms with Crippen LogP contribution in [-0.2, 0) is 24.0 Å². The Hall–Kier alpha value is -2.71. The number of amides is 4. The van der Waals surface area contributed by atoms with E-state index in [9.17, 15) is 32.8 Å². The van der Waals surface area contributed by atoms with Crippen LogP contribution in [0, 0.1) is 27.1 Å². The maximum Gasteiger partial charge on any atom is 0.287 e. The summed E-state index contributed by atoms with van der Waals surface area (Å²) in [6.45, 7) is 18.7. The van der Waals surface area contributed by atoms with Crippen molar-refractivity contribution >= 4 is 29.4 Å². The van der Waals surface area contributed by atoms with E-state index in [1.54, 1.807) is 18.7 Å². The van der Waals surface area contributed by atoms with Gasteiger partial charge in [0, 0.05) is 37.5 Å². The molecule has 47 heavy (non-hydrogen) atoms. The van der Waals surface area contributed by atoms with Crippen LogP contribution in [0.3, 0.4) is 0 Å². The van der Waals surface area contributed by atoms with Crippen LogP contribution in [0.4, 0.5) is 8.78 Å². The normalized spacial score (nSPS) is 28.7. The van der Waals surface area contributed by atoms with Crippen molar-refractivity contribution < 1.29 is 32.8 Å². The lowest BCUT2D eigenvalue weighted by Crippen LogP contribution is -2.73. The van der Waals surface area contributed by atoms with E-state index in [4.69, 9.17) is 11.5 Å². The number of rotatable bonds is 12. The summed E-state index contributed by atoms with van der Waals surface area (Å²) in [6.07, 6.45) is -0.717. The smallest absolute Gasteiger partial charge is 0.287 e. The molecule has 4 rings (SSSR count). The maximum atomic E-state index is 14.7. The molecule has 2 saturated carbocycles. The summed E-state index contributed by atoms with van der Waals surface area (Å²) in [6, 6.07) is -3.79. The lowest BCUT2D eigenvalue weighted by molar-refractivity contribution is -0.152. The molecule has 4 aliphatic rings. The average molecular weight is 668 g/mol. The Balaban J connectivity index is 1.62.